The number of hydrogen-bond donors (Lipinski definition) is 2. The van der Waals surface area contributed by atoms with Gasteiger partial charge in [0, 0.05) is 10.6 Å². The number of aliphatic hydroxyl groups is 1. The second-order valence-corrected chi connectivity index (χ2v) is 8.95. The summed E-state index contributed by atoms with van der Waals surface area (Å²) in [5, 5.41) is 11.5. The van der Waals surface area contributed by atoms with E-state index < -0.39 is 6.10 Å². The number of nitrogens with one attached hydrogen (secondary N) is 1. The number of hydrogen-bond acceptors (Lipinski definition) is 6. The maximum atomic E-state index is 12.5. The molecule has 27 heavy (non-hydrogen) atoms. The molecule has 0 radical (unpaired) electrons. The fraction of sp³-hybridized carbons (Fsp3) is 0.400. The standard InChI is InChI=1S/C20H22N2O3S2/c1-12-5-4-6-14(9-12)25-10-13(23)11-26-20-21-18(24)17-15-7-2-3-8-16(15)27-19(17)22-20/h4-6,9,13,23H,2-3,7-8,10-11H2,1H3,(H,21,22,24)/t13-/m1/s1. The Morgan fingerprint density at radius 2 is 2.22 bits per heavy atom. The number of thioether (sulfide) groups is 1. The summed E-state index contributed by atoms with van der Waals surface area (Å²) in [6.45, 7) is 2.20. The first-order chi connectivity index (χ1) is 13.1. The smallest absolute Gasteiger partial charge is 0.260 e. The van der Waals surface area contributed by atoms with Gasteiger partial charge in [-0.25, -0.2) is 4.98 Å². The highest BCUT2D eigenvalue weighted by molar-refractivity contribution is 7.99. The molecule has 0 amide bonds. The molecule has 2 N–H and O–H groups in total. The van der Waals surface area contributed by atoms with E-state index in [4.69, 9.17) is 4.74 Å². The Balaban J connectivity index is 1.40. The molecule has 0 aliphatic heterocycles. The molecule has 5 nitrogen and oxygen atoms in total. The molecule has 0 spiro atoms. The number of aliphatic hydroxyl groups excluding tert-OH is 1. The first-order valence-electron chi connectivity index (χ1n) is 9.15. The topological polar surface area (TPSA) is 75.2 Å². The fourth-order valence-corrected chi connectivity index (χ4v) is 5.42. The van der Waals surface area contributed by atoms with Crippen molar-refractivity contribution in [3.8, 4) is 5.75 Å². The third-order valence-electron chi connectivity index (χ3n) is 4.65. The summed E-state index contributed by atoms with van der Waals surface area (Å²) in [6, 6.07) is 7.74. The van der Waals surface area contributed by atoms with Gasteiger partial charge in [-0.1, -0.05) is 23.9 Å². The molecule has 4 rings (SSSR count). The van der Waals surface area contributed by atoms with Gasteiger partial charge >= 0.3 is 0 Å². The molecular formula is C20H22N2O3S2. The first-order valence-corrected chi connectivity index (χ1v) is 11.0. The number of aryl methyl sites for hydroxylation is 3. The lowest BCUT2D eigenvalue weighted by molar-refractivity contribution is 0.126. The van der Waals surface area contributed by atoms with E-state index >= 15 is 0 Å². The van der Waals surface area contributed by atoms with Gasteiger partial charge in [0.2, 0.25) is 0 Å². The monoisotopic (exact) mass is 402 g/mol. The minimum absolute atomic E-state index is 0.0626. The highest BCUT2D eigenvalue weighted by Crippen LogP contribution is 2.34. The van der Waals surface area contributed by atoms with Gasteiger partial charge in [-0.05, 0) is 55.9 Å². The largest absolute Gasteiger partial charge is 0.491 e. The number of ether oxygens (including phenoxy) is 1. The Labute approximate surface area is 165 Å². The van der Waals surface area contributed by atoms with Crippen LogP contribution in [0.2, 0.25) is 0 Å². The van der Waals surface area contributed by atoms with Crippen LogP contribution < -0.4 is 10.3 Å². The van der Waals surface area contributed by atoms with Crippen LogP contribution >= 0.6 is 23.1 Å². The highest BCUT2D eigenvalue weighted by Gasteiger charge is 2.20. The number of aromatic nitrogens is 2. The molecule has 7 heteroatoms. The summed E-state index contributed by atoms with van der Waals surface area (Å²) in [4.78, 5) is 22.1. The number of rotatable bonds is 6. The van der Waals surface area contributed by atoms with Crippen LogP contribution in [0.4, 0.5) is 0 Å². The first kappa shape index (κ1) is 18.5. The van der Waals surface area contributed by atoms with E-state index in [0.717, 1.165) is 40.8 Å². The second kappa shape index (κ2) is 8.04. The van der Waals surface area contributed by atoms with Gasteiger partial charge in [0.1, 0.15) is 17.2 Å². The third kappa shape index (κ3) is 4.20. The zero-order chi connectivity index (χ0) is 18.8. The molecule has 1 atom stereocenters. The number of H-pyrrole nitrogens is 1. The van der Waals surface area contributed by atoms with Crippen LogP contribution in [0.5, 0.6) is 5.75 Å². The van der Waals surface area contributed by atoms with Crippen molar-refractivity contribution in [2.75, 3.05) is 12.4 Å². The molecule has 0 fully saturated rings. The van der Waals surface area contributed by atoms with E-state index in [1.165, 1.54) is 28.6 Å². The summed E-state index contributed by atoms with van der Waals surface area (Å²) in [5.74, 6) is 1.15. The van der Waals surface area contributed by atoms with Crippen LogP contribution in [0, 0.1) is 6.92 Å². The number of thiophene rings is 1. The average molecular weight is 403 g/mol. The molecule has 2 heterocycles. The molecule has 2 aromatic heterocycles. The fourth-order valence-electron chi connectivity index (χ4n) is 3.33. The van der Waals surface area contributed by atoms with Crippen molar-refractivity contribution in [1.29, 1.82) is 0 Å². The Hall–Kier alpha value is -1.83. The summed E-state index contributed by atoms with van der Waals surface area (Å²) in [5.41, 5.74) is 2.25. The SMILES string of the molecule is Cc1cccc(OC[C@@H](O)CSc2nc3sc4c(c3c(=O)[nH]2)CCCC4)c1. The van der Waals surface area contributed by atoms with Crippen molar-refractivity contribution < 1.29 is 9.84 Å². The summed E-state index contributed by atoms with van der Waals surface area (Å²) in [7, 11) is 0. The third-order valence-corrected chi connectivity index (χ3v) is 6.85. The average Bonchev–Trinajstić information content (AvgIpc) is 3.03. The van der Waals surface area contributed by atoms with Crippen molar-refractivity contribution >= 4 is 33.3 Å². The van der Waals surface area contributed by atoms with Crippen molar-refractivity contribution in [2.45, 2.75) is 43.9 Å². The predicted octanol–water partition coefficient (Wildman–Crippen LogP) is 3.70. The Bertz CT molecular complexity index is 1010. The number of aromatic amines is 1. The molecule has 3 aromatic rings. The molecule has 0 unspecified atom stereocenters. The Morgan fingerprint density at radius 1 is 1.37 bits per heavy atom. The van der Waals surface area contributed by atoms with Crippen LogP contribution in [0.25, 0.3) is 10.2 Å². The molecule has 0 saturated carbocycles. The number of nitrogens with zero attached hydrogens (tertiary/aromatic N) is 1. The van der Waals surface area contributed by atoms with E-state index in [9.17, 15) is 9.90 Å². The van der Waals surface area contributed by atoms with Crippen LogP contribution in [-0.2, 0) is 12.8 Å². The van der Waals surface area contributed by atoms with E-state index in [1.807, 2.05) is 31.2 Å². The van der Waals surface area contributed by atoms with Crippen LogP contribution in [-0.4, -0.2) is 33.5 Å². The van der Waals surface area contributed by atoms with Crippen molar-refractivity contribution in [1.82, 2.24) is 9.97 Å². The maximum Gasteiger partial charge on any atom is 0.260 e. The van der Waals surface area contributed by atoms with Crippen LogP contribution in [0.15, 0.2) is 34.2 Å². The van der Waals surface area contributed by atoms with Gasteiger partial charge in [0.15, 0.2) is 5.16 Å². The molecule has 0 saturated heterocycles. The lowest BCUT2D eigenvalue weighted by Crippen LogP contribution is -2.20. The summed E-state index contributed by atoms with van der Waals surface area (Å²) in [6.07, 6.45) is 3.71. The maximum absolute atomic E-state index is 12.5. The summed E-state index contributed by atoms with van der Waals surface area (Å²) < 4.78 is 5.63. The molecular weight excluding hydrogens is 380 g/mol. The second-order valence-electron chi connectivity index (χ2n) is 6.85. The molecule has 142 valence electrons. The van der Waals surface area contributed by atoms with Gasteiger partial charge in [0.25, 0.3) is 5.56 Å². The minimum atomic E-state index is -0.645. The van der Waals surface area contributed by atoms with Crippen molar-refractivity contribution in [2.24, 2.45) is 0 Å². The lowest BCUT2D eigenvalue weighted by atomic mass is 9.97. The van der Waals surface area contributed by atoms with E-state index in [2.05, 4.69) is 9.97 Å². The minimum Gasteiger partial charge on any atom is -0.491 e. The zero-order valence-corrected chi connectivity index (χ0v) is 16.8. The van der Waals surface area contributed by atoms with Gasteiger partial charge in [0.05, 0.1) is 11.5 Å². The van der Waals surface area contributed by atoms with Crippen LogP contribution in [0.3, 0.4) is 0 Å². The number of fused-ring (bicyclic) bond motifs is 3. The Kier molecular flexibility index (Phi) is 5.52. The zero-order valence-electron chi connectivity index (χ0n) is 15.2. The molecule has 1 aromatic carbocycles. The number of benzene rings is 1. The Morgan fingerprint density at radius 3 is 3.07 bits per heavy atom. The lowest BCUT2D eigenvalue weighted by Gasteiger charge is -2.12. The molecule has 0 bridgehead atoms. The quantitative estimate of drug-likeness (QED) is 0.486. The van der Waals surface area contributed by atoms with Crippen molar-refractivity contribution in [3.63, 3.8) is 0 Å². The van der Waals surface area contributed by atoms with Crippen LogP contribution in [0.1, 0.15) is 28.8 Å². The normalized spacial score (nSPS) is 14.9. The van der Waals surface area contributed by atoms with E-state index in [-0.39, 0.29) is 12.2 Å². The summed E-state index contributed by atoms with van der Waals surface area (Å²) >= 11 is 2.99. The van der Waals surface area contributed by atoms with Crippen molar-refractivity contribution in [3.05, 3.63) is 50.6 Å². The molecule has 1 aliphatic carbocycles. The van der Waals surface area contributed by atoms with E-state index in [0.29, 0.717) is 10.9 Å². The van der Waals surface area contributed by atoms with Gasteiger partial charge in [-0.2, -0.15) is 0 Å². The predicted molar refractivity (Wildman–Crippen MR) is 110 cm³/mol. The van der Waals surface area contributed by atoms with Gasteiger partial charge < -0.3 is 14.8 Å². The van der Waals surface area contributed by atoms with Gasteiger partial charge in [-0.3, -0.25) is 4.79 Å². The van der Waals surface area contributed by atoms with Gasteiger partial charge in [-0.15, -0.1) is 11.3 Å². The highest BCUT2D eigenvalue weighted by atomic mass is 32.2. The molecule has 1 aliphatic rings. The van der Waals surface area contributed by atoms with E-state index in [1.54, 1.807) is 11.3 Å².